The molecule has 0 bridgehead atoms. The molecule has 7 heteroatoms. The molecule has 0 saturated heterocycles. The Morgan fingerprint density at radius 2 is 1.76 bits per heavy atom. The molecule has 3 rings (SSSR count). The van der Waals surface area contributed by atoms with Crippen LogP contribution in [0.2, 0.25) is 25.7 Å². The van der Waals surface area contributed by atoms with Gasteiger partial charge in [0.25, 0.3) is 0 Å². The standard InChI is InChI=1S/C27H36N4O2Si/c1-31(2)19-23-9-6-22-18-25(12-13-27(22)30-23)33-24-10-7-21(8-11-24)26(14-15-28)29-20-32-16-17-34(3,4)5/h6-13,15,18,28H,14,16-17,19-20H2,1-5H3. The first-order valence-electron chi connectivity index (χ1n) is 11.7. The van der Waals surface area contributed by atoms with E-state index >= 15 is 0 Å². The van der Waals surface area contributed by atoms with Crippen molar-refractivity contribution in [2.45, 2.75) is 38.7 Å². The van der Waals surface area contributed by atoms with Crippen LogP contribution in [-0.2, 0) is 11.3 Å². The van der Waals surface area contributed by atoms with Crippen molar-refractivity contribution in [1.29, 1.82) is 5.41 Å². The summed E-state index contributed by atoms with van der Waals surface area (Å²) in [5.74, 6) is 1.52. The molecule has 3 aromatic rings. The largest absolute Gasteiger partial charge is 0.457 e. The zero-order chi connectivity index (χ0) is 24.6. The normalized spacial score (nSPS) is 12.4. The van der Waals surface area contributed by atoms with E-state index in [1.165, 1.54) is 6.21 Å². The summed E-state index contributed by atoms with van der Waals surface area (Å²) in [5.41, 5.74) is 3.83. The van der Waals surface area contributed by atoms with Crippen LogP contribution in [0.4, 0.5) is 0 Å². The highest BCUT2D eigenvalue weighted by Gasteiger charge is 2.12. The van der Waals surface area contributed by atoms with E-state index in [0.29, 0.717) is 13.2 Å². The Labute approximate surface area is 204 Å². The molecular weight excluding hydrogens is 440 g/mol. The molecule has 0 aliphatic rings. The number of nitrogens with zero attached hydrogens (tertiary/aromatic N) is 3. The summed E-state index contributed by atoms with van der Waals surface area (Å²) in [6.45, 7) is 8.88. The van der Waals surface area contributed by atoms with Gasteiger partial charge in [-0.25, -0.2) is 0 Å². The maximum absolute atomic E-state index is 7.51. The molecule has 2 aromatic carbocycles. The number of nitrogens with one attached hydrogen (secondary N) is 1. The number of ether oxygens (including phenoxy) is 2. The molecular formula is C27H36N4O2Si. The molecule has 6 nitrogen and oxygen atoms in total. The smallest absolute Gasteiger partial charge is 0.137 e. The van der Waals surface area contributed by atoms with Crippen LogP contribution in [0.15, 0.2) is 59.6 Å². The Bertz CT molecular complexity index is 1120. The number of pyridine rings is 1. The van der Waals surface area contributed by atoms with Gasteiger partial charge in [-0.05, 0) is 74.2 Å². The zero-order valence-corrected chi connectivity index (χ0v) is 22.0. The molecule has 1 aromatic heterocycles. The highest BCUT2D eigenvalue weighted by molar-refractivity contribution is 6.76. The van der Waals surface area contributed by atoms with Gasteiger partial charge >= 0.3 is 0 Å². The van der Waals surface area contributed by atoms with Gasteiger partial charge in [-0.2, -0.15) is 0 Å². The second kappa shape index (κ2) is 12.0. The van der Waals surface area contributed by atoms with Crippen molar-refractivity contribution in [2.24, 2.45) is 4.99 Å². The lowest BCUT2D eigenvalue weighted by Gasteiger charge is -2.14. The predicted molar refractivity (Wildman–Crippen MR) is 145 cm³/mol. The van der Waals surface area contributed by atoms with Crippen molar-refractivity contribution in [3.05, 3.63) is 65.9 Å². The number of fused-ring (bicyclic) bond motifs is 1. The SMILES string of the molecule is CN(C)Cc1ccc2cc(Oc3ccc(C(CC=N)=NCOCC[Si](C)(C)C)cc3)ccc2n1. The third-order valence-electron chi connectivity index (χ3n) is 5.26. The van der Waals surface area contributed by atoms with E-state index < -0.39 is 8.07 Å². The summed E-state index contributed by atoms with van der Waals surface area (Å²) >= 11 is 0. The number of benzene rings is 2. The number of hydrogen-bond acceptors (Lipinski definition) is 6. The first-order chi connectivity index (χ1) is 16.2. The number of aliphatic imine (C=N–C) groups is 1. The molecule has 1 heterocycles. The summed E-state index contributed by atoms with van der Waals surface area (Å²) in [6.07, 6.45) is 1.85. The third-order valence-corrected chi connectivity index (χ3v) is 6.96. The summed E-state index contributed by atoms with van der Waals surface area (Å²) < 4.78 is 11.8. The van der Waals surface area contributed by atoms with Crippen molar-refractivity contribution in [3.63, 3.8) is 0 Å². The first kappa shape index (κ1) is 25.7. The monoisotopic (exact) mass is 476 g/mol. The fourth-order valence-corrected chi connectivity index (χ4v) is 4.17. The quantitative estimate of drug-likeness (QED) is 0.191. The van der Waals surface area contributed by atoms with Crippen molar-refractivity contribution in [3.8, 4) is 11.5 Å². The van der Waals surface area contributed by atoms with Gasteiger partial charge in [0.05, 0.1) is 16.9 Å². The van der Waals surface area contributed by atoms with Gasteiger partial charge in [-0.3, -0.25) is 9.98 Å². The van der Waals surface area contributed by atoms with Crippen LogP contribution in [0, 0.1) is 5.41 Å². The van der Waals surface area contributed by atoms with Crippen LogP contribution >= 0.6 is 0 Å². The predicted octanol–water partition coefficient (Wildman–Crippen LogP) is 6.23. The molecule has 0 aliphatic heterocycles. The van der Waals surface area contributed by atoms with E-state index in [1.54, 1.807) is 0 Å². The molecule has 0 unspecified atom stereocenters. The van der Waals surface area contributed by atoms with Gasteiger partial charge in [-0.1, -0.05) is 25.7 Å². The molecule has 34 heavy (non-hydrogen) atoms. The van der Waals surface area contributed by atoms with Crippen LogP contribution in [0.3, 0.4) is 0 Å². The van der Waals surface area contributed by atoms with E-state index in [0.717, 1.165) is 58.6 Å². The van der Waals surface area contributed by atoms with Crippen LogP contribution in [0.5, 0.6) is 11.5 Å². The van der Waals surface area contributed by atoms with E-state index in [2.05, 4.69) is 41.7 Å². The van der Waals surface area contributed by atoms with Gasteiger partial charge in [-0.15, -0.1) is 0 Å². The number of aromatic nitrogens is 1. The minimum Gasteiger partial charge on any atom is -0.457 e. The average molecular weight is 477 g/mol. The molecule has 180 valence electrons. The Kier molecular flexibility index (Phi) is 9.10. The van der Waals surface area contributed by atoms with Crippen molar-refractivity contribution >= 4 is 30.9 Å². The molecule has 0 saturated carbocycles. The molecule has 0 radical (unpaired) electrons. The fraction of sp³-hybridized carbons (Fsp3) is 0.370. The molecule has 0 spiro atoms. The van der Waals surface area contributed by atoms with E-state index in [4.69, 9.17) is 19.9 Å². The number of hydrogen-bond donors (Lipinski definition) is 1. The Balaban J connectivity index is 1.64. The fourth-order valence-electron chi connectivity index (χ4n) is 3.41. The van der Waals surface area contributed by atoms with Crippen molar-refractivity contribution < 1.29 is 9.47 Å². The van der Waals surface area contributed by atoms with Crippen LogP contribution in [0.25, 0.3) is 10.9 Å². The maximum Gasteiger partial charge on any atom is 0.137 e. The first-order valence-corrected chi connectivity index (χ1v) is 15.4. The van der Waals surface area contributed by atoms with Crippen LogP contribution < -0.4 is 4.74 Å². The lowest BCUT2D eigenvalue weighted by Crippen LogP contribution is -2.21. The number of rotatable bonds is 12. The van der Waals surface area contributed by atoms with Gasteiger partial charge in [0.1, 0.15) is 18.2 Å². The Morgan fingerprint density at radius 3 is 2.44 bits per heavy atom. The van der Waals surface area contributed by atoms with Crippen LogP contribution in [0.1, 0.15) is 17.7 Å². The average Bonchev–Trinajstić information content (AvgIpc) is 2.78. The molecule has 0 aliphatic carbocycles. The summed E-state index contributed by atoms with van der Waals surface area (Å²) in [7, 11) is 2.97. The minimum atomic E-state index is -1.10. The van der Waals surface area contributed by atoms with Gasteiger partial charge < -0.3 is 19.8 Å². The van der Waals surface area contributed by atoms with E-state index in [1.807, 2.05) is 56.6 Å². The Hall–Kier alpha value is -2.87. The lowest BCUT2D eigenvalue weighted by molar-refractivity contribution is 0.155. The topological polar surface area (TPSA) is 70.8 Å². The Morgan fingerprint density at radius 1 is 1.03 bits per heavy atom. The molecule has 0 fully saturated rings. The molecule has 0 amide bonds. The molecule has 1 N–H and O–H groups in total. The van der Waals surface area contributed by atoms with E-state index in [9.17, 15) is 0 Å². The lowest BCUT2D eigenvalue weighted by atomic mass is 10.1. The van der Waals surface area contributed by atoms with Crippen LogP contribution in [-0.4, -0.2) is 57.3 Å². The third kappa shape index (κ3) is 8.16. The second-order valence-corrected chi connectivity index (χ2v) is 15.5. The van der Waals surface area contributed by atoms with Gasteiger partial charge in [0, 0.05) is 39.2 Å². The highest BCUT2D eigenvalue weighted by Crippen LogP contribution is 2.26. The second-order valence-electron chi connectivity index (χ2n) is 9.88. The molecule has 0 atom stereocenters. The zero-order valence-electron chi connectivity index (χ0n) is 21.0. The van der Waals surface area contributed by atoms with Crippen molar-refractivity contribution in [1.82, 2.24) is 9.88 Å². The summed E-state index contributed by atoms with van der Waals surface area (Å²) in [5, 5.41) is 8.56. The van der Waals surface area contributed by atoms with Crippen molar-refractivity contribution in [2.75, 3.05) is 27.4 Å². The maximum atomic E-state index is 7.51. The minimum absolute atomic E-state index is 0.327. The van der Waals surface area contributed by atoms with Gasteiger partial charge in [0.2, 0.25) is 0 Å². The van der Waals surface area contributed by atoms with Gasteiger partial charge in [0.15, 0.2) is 0 Å². The summed E-state index contributed by atoms with van der Waals surface area (Å²) in [6, 6.07) is 19.0. The highest BCUT2D eigenvalue weighted by atomic mass is 28.3. The summed E-state index contributed by atoms with van der Waals surface area (Å²) in [4.78, 5) is 11.4. The van der Waals surface area contributed by atoms with E-state index in [-0.39, 0.29) is 0 Å².